The fourth-order valence-corrected chi connectivity index (χ4v) is 2.73. The molecule has 24 heavy (non-hydrogen) atoms. The van der Waals surface area contributed by atoms with Gasteiger partial charge in [-0.3, -0.25) is 14.4 Å². The van der Waals surface area contributed by atoms with Gasteiger partial charge in [-0.15, -0.1) is 0 Å². The van der Waals surface area contributed by atoms with Gasteiger partial charge in [-0.25, -0.2) is 4.98 Å². The van der Waals surface area contributed by atoms with Crippen molar-refractivity contribution in [2.24, 2.45) is 13.0 Å². The first kappa shape index (κ1) is 15.9. The van der Waals surface area contributed by atoms with Crippen LogP contribution in [-0.4, -0.2) is 39.4 Å². The zero-order chi connectivity index (χ0) is 17.1. The molecule has 1 N–H and O–H groups in total. The van der Waals surface area contributed by atoms with E-state index in [0.29, 0.717) is 30.9 Å². The maximum atomic E-state index is 12.5. The van der Waals surface area contributed by atoms with E-state index in [4.69, 9.17) is 0 Å². The van der Waals surface area contributed by atoms with Gasteiger partial charge in [0.1, 0.15) is 5.82 Å². The molecule has 2 amide bonds. The highest BCUT2D eigenvalue weighted by atomic mass is 16.2. The second-order valence-electron chi connectivity index (χ2n) is 5.81. The Morgan fingerprint density at radius 3 is 2.79 bits per heavy atom. The molecule has 0 aromatic carbocycles. The lowest BCUT2D eigenvalue weighted by Crippen LogP contribution is -2.32. The predicted octanol–water partition coefficient (Wildman–Crippen LogP) is 0.881. The normalized spacial score (nSPS) is 16.9. The molecule has 1 aliphatic rings. The summed E-state index contributed by atoms with van der Waals surface area (Å²) >= 11 is 0. The van der Waals surface area contributed by atoms with Crippen LogP contribution in [0.4, 0.5) is 5.82 Å². The lowest BCUT2D eigenvalue weighted by Gasteiger charge is -2.16. The van der Waals surface area contributed by atoms with Crippen molar-refractivity contribution in [1.29, 1.82) is 0 Å². The Kier molecular flexibility index (Phi) is 4.41. The second-order valence-corrected chi connectivity index (χ2v) is 5.81. The molecule has 0 saturated carbocycles. The van der Waals surface area contributed by atoms with E-state index >= 15 is 0 Å². The molecule has 2 aromatic heterocycles. The number of aromatic nitrogens is 2. The summed E-state index contributed by atoms with van der Waals surface area (Å²) in [5.41, 5.74) is 0.281. The van der Waals surface area contributed by atoms with Gasteiger partial charge in [0.25, 0.3) is 5.91 Å². The molecule has 1 atom stereocenters. The molecule has 0 bridgehead atoms. The molecule has 3 heterocycles. The Morgan fingerprint density at radius 2 is 2.08 bits per heavy atom. The van der Waals surface area contributed by atoms with Gasteiger partial charge in [-0.05, 0) is 24.6 Å². The molecule has 2 aromatic rings. The Balaban J connectivity index is 1.64. The van der Waals surface area contributed by atoms with E-state index in [1.807, 2.05) is 0 Å². The minimum atomic E-state index is -0.261. The van der Waals surface area contributed by atoms with E-state index in [1.165, 1.54) is 22.9 Å². The summed E-state index contributed by atoms with van der Waals surface area (Å²) in [6.45, 7) is 0.877. The molecule has 3 rings (SSSR count). The number of likely N-dealkylation sites (tertiary alicyclic amines) is 1. The summed E-state index contributed by atoms with van der Waals surface area (Å²) in [5, 5.41) is 2.77. The topological polar surface area (TPSA) is 84.3 Å². The molecule has 7 nitrogen and oxygen atoms in total. The maximum Gasteiger partial charge on any atom is 0.255 e. The van der Waals surface area contributed by atoms with E-state index in [-0.39, 0.29) is 23.3 Å². The smallest absolute Gasteiger partial charge is 0.255 e. The molecule has 1 saturated heterocycles. The van der Waals surface area contributed by atoms with Crippen molar-refractivity contribution in [2.75, 3.05) is 18.4 Å². The SMILES string of the molecule is Cn1cc(C(=O)N2CC[C@H](C(=O)Nc3ccccn3)C2)ccc1=O. The van der Waals surface area contributed by atoms with Gasteiger partial charge in [0.2, 0.25) is 11.5 Å². The minimum absolute atomic E-state index is 0.135. The van der Waals surface area contributed by atoms with Gasteiger partial charge < -0.3 is 14.8 Å². The lowest BCUT2D eigenvalue weighted by molar-refractivity contribution is -0.119. The number of anilines is 1. The monoisotopic (exact) mass is 326 g/mol. The Morgan fingerprint density at radius 1 is 1.25 bits per heavy atom. The van der Waals surface area contributed by atoms with Crippen molar-refractivity contribution in [2.45, 2.75) is 6.42 Å². The number of pyridine rings is 2. The highest BCUT2D eigenvalue weighted by molar-refractivity contribution is 5.96. The molecule has 1 fully saturated rings. The molecular weight excluding hydrogens is 308 g/mol. The average molecular weight is 326 g/mol. The van der Waals surface area contributed by atoms with Crippen LogP contribution < -0.4 is 10.9 Å². The third-order valence-corrected chi connectivity index (χ3v) is 4.10. The van der Waals surface area contributed by atoms with Crippen molar-refractivity contribution in [1.82, 2.24) is 14.5 Å². The third kappa shape index (κ3) is 3.34. The van der Waals surface area contributed by atoms with Crippen molar-refractivity contribution in [3.05, 3.63) is 58.6 Å². The first-order valence-corrected chi connectivity index (χ1v) is 7.72. The number of amides is 2. The molecule has 124 valence electrons. The molecular formula is C17H18N4O3. The number of rotatable bonds is 3. The van der Waals surface area contributed by atoms with E-state index in [9.17, 15) is 14.4 Å². The maximum absolute atomic E-state index is 12.5. The summed E-state index contributed by atoms with van der Waals surface area (Å²) in [6, 6.07) is 8.19. The van der Waals surface area contributed by atoms with Gasteiger partial charge in [0, 0.05) is 38.6 Å². The van der Waals surface area contributed by atoms with E-state index in [1.54, 1.807) is 36.3 Å². The summed E-state index contributed by atoms with van der Waals surface area (Å²) in [4.78, 5) is 41.9. The minimum Gasteiger partial charge on any atom is -0.338 e. The van der Waals surface area contributed by atoms with Gasteiger partial charge in [-0.1, -0.05) is 6.07 Å². The largest absolute Gasteiger partial charge is 0.338 e. The van der Waals surface area contributed by atoms with Crippen molar-refractivity contribution < 1.29 is 9.59 Å². The number of nitrogens with zero attached hydrogens (tertiary/aromatic N) is 3. The summed E-state index contributed by atoms with van der Waals surface area (Å²) < 4.78 is 1.37. The summed E-state index contributed by atoms with van der Waals surface area (Å²) in [5.74, 6) is -0.0583. The standard InChI is InChI=1S/C17H18N4O3/c1-20-10-13(5-6-15(20)22)17(24)21-9-7-12(11-21)16(23)19-14-4-2-3-8-18-14/h2-6,8,10,12H,7,9,11H2,1H3,(H,18,19,23)/t12-/m0/s1. The van der Waals surface area contributed by atoms with Crippen LogP contribution in [0.3, 0.4) is 0 Å². The van der Waals surface area contributed by atoms with E-state index in [0.717, 1.165) is 0 Å². The number of aryl methyl sites for hydroxylation is 1. The Bertz CT molecular complexity index is 816. The molecule has 7 heteroatoms. The second kappa shape index (κ2) is 6.66. The molecule has 0 spiro atoms. The van der Waals surface area contributed by atoms with Crippen LogP contribution in [0.25, 0.3) is 0 Å². The van der Waals surface area contributed by atoms with Crippen LogP contribution in [0.1, 0.15) is 16.8 Å². The fraction of sp³-hybridized carbons (Fsp3) is 0.294. The number of hydrogen-bond acceptors (Lipinski definition) is 4. The molecule has 1 aliphatic heterocycles. The van der Waals surface area contributed by atoms with Crippen LogP contribution >= 0.6 is 0 Å². The Hall–Kier alpha value is -2.96. The molecule has 0 unspecified atom stereocenters. The molecule has 0 radical (unpaired) electrons. The van der Waals surface area contributed by atoms with E-state index < -0.39 is 0 Å². The number of carbonyl (C=O) groups excluding carboxylic acids is 2. The summed E-state index contributed by atoms with van der Waals surface area (Å²) in [7, 11) is 1.60. The van der Waals surface area contributed by atoms with Gasteiger partial charge in [0.15, 0.2) is 0 Å². The van der Waals surface area contributed by atoms with Gasteiger partial charge in [-0.2, -0.15) is 0 Å². The van der Waals surface area contributed by atoms with Gasteiger partial charge in [0.05, 0.1) is 11.5 Å². The highest BCUT2D eigenvalue weighted by Crippen LogP contribution is 2.20. The van der Waals surface area contributed by atoms with E-state index in [2.05, 4.69) is 10.3 Å². The van der Waals surface area contributed by atoms with Gasteiger partial charge >= 0.3 is 0 Å². The number of nitrogens with one attached hydrogen (secondary N) is 1. The lowest BCUT2D eigenvalue weighted by atomic mass is 10.1. The predicted molar refractivity (Wildman–Crippen MR) is 88.6 cm³/mol. The number of hydrogen-bond donors (Lipinski definition) is 1. The number of carbonyl (C=O) groups is 2. The van der Waals surface area contributed by atoms with Crippen LogP contribution in [-0.2, 0) is 11.8 Å². The van der Waals surface area contributed by atoms with Crippen LogP contribution in [0, 0.1) is 5.92 Å². The average Bonchev–Trinajstić information content (AvgIpc) is 3.08. The van der Waals surface area contributed by atoms with Crippen LogP contribution in [0.2, 0.25) is 0 Å². The molecule has 0 aliphatic carbocycles. The first-order chi connectivity index (χ1) is 11.5. The Labute approximate surface area is 138 Å². The zero-order valence-corrected chi connectivity index (χ0v) is 13.3. The first-order valence-electron chi connectivity index (χ1n) is 7.72. The van der Waals surface area contributed by atoms with Crippen LogP contribution in [0.15, 0.2) is 47.5 Å². The van der Waals surface area contributed by atoms with Crippen molar-refractivity contribution in [3.63, 3.8) is 0 Å². The fourth-order valence-electron chi connectivity index (χ4n) is 2.73. The highest BCUT2D eigenvalue weighted by Gasteiger charge is 2.31. The van der Waals surface area contributed by atoms with Crippen LogP contribution in [0.5, 0.6) is 0 Å². The van der Waals surface area contributed by atoms with Crippen molar-refractivity contribution in [3.8, 4) is 0 Å². The van der Waals surface area contributed by atoms with Crippen molar-refractivity contribution >= 4 is 17.6 Å². The quantitative estimate of drug-likeness (QED) is 0.907. The zero-order valence-electron chi connectivity index (χ0n) is 13.3. The third-order valence-electron chi connectivity index (χ3n) is 4.10. The summed E-state index contributed by atoms with van der Waals surface area (Å²) in [6.07, 6.45) is 3.74.